The van der Waals surface area contributed by atoms with Crippen LogP contribution in [0.5, 0.6) is 5.75 Å². The van der Waals surface area contributed by atoms with Crippen molar-refractivity contribution >= 4 is 35.1 Å². The molecule has 2 aromatic rings. The Kier molecular flexibility index (Phi) is 6.65. The molecule has 188 valence electrons. The summed E-state index contributed by atoms with van der Waals surface area (Å²) in [4.78, 5) is 54.9. The molecule has 7 heteroatoms. The topological polar surface area (TPSA) is 84.0 Å². The molecule has 2 aromatic carbocycles. The molecule has 2 aliphatic heterocycles. The zero-order chi connectivity index (χ0) is 25.4. The summed E-state index contributed by atoms with van der Waals surface area (Å²) in [7, 11) is 0. The second kappa shape index (κ2) is 9.88. The Morgan fingerprint density at radius 3 is 2.14 bits per heavy atom. The summed E-state index contributed by atoms with van der Waals surface area (Å²) in [5, 5.41) is 0. The van der Waals surface area contributed by atoms with E-state index in [-0.39, 0.29) is 48.3 Å². The number of fused-ring (bicyclic) bond motifs is 1. The van der Waals surface area contributed by atoms with Crippen molar-refractivity contribution < 1.29 is 23.9 Å². The van der Waals surface area contributed by atoms with Gasteiger partial charge in [-0.2, -0.15) is 0 Å². The van der Waals surface area contributed by atoms with Crippen molar-refractivity contribution in [3.05, 3.63) is 53.6 Å². The highest BCUT2D eigenvalue weighted by molar-refractivity contribution is 6.22. The number of carbonyl (C=O) groups excluding carboxylic acids is 4. The van der Waals surface area contributed by atoms with E-state index in [1.54, 1.807) is 29.2 Å². The van der Waals surface area contributed by atoms with Crippen LogP contribution >= 0.6 is 0 Å². The molecule has 0 unspecified atom stereocenters. The van der Waals surface area contributed by atoms with Crippen LogP contribution in [0.25, 0.3) is 0 Å². The Morgan fingerprint density at radius 2 is 1.53 bits per heavy atom. The van der Waals surface area contributed by atoms with Crippen LogP contribution in [0.3, 0.4) is 0 Å². The van der Waals surface area contributed by atoms with E-state index in [1.165, 1.54) is 4.90 Å². The molecule has 3 aliphatic rings. The van der Waals surface area contributed by atoms with Crippen LogP contribution in [-0.4, -0.2) is 30.2 Å². The number of hydrogen-bond acceptors (Lipinski definition) is 5. The van der Waals surface area contributed by atoms with Gasteiger partial charge in [-0.15, -0.1) is 0 Å². The fourth-order valence-corrected chi connectivity index (χ4v) is 5.95. The number of carbonyl (C=O) groups is 4. The SMILES string of the molecule is CCc1cccc(CC)c1N1C[C@@H](C(=O)Oc2cccc(N3C(=O)[C@H]4CCCC[C@H]4C3=O)c2)CC1=O. The zero-order valence-corrected chi connectivity index (χ0v) is 20.9. The van der Waals surface area contributed by atoms with Crippen LogP contribution in [0, 0.1) is 17.8 Å². The molecular formula is C29H32N2O5. The van der Waals surface area contributed by atoms with Crippen LogP contribution in [0.2, 0.25) is 0 Å². The Bertz CT molecular complexity index is 1180. The monoisotopic (exact) mass is 488 g/mol. The lowest BCUT2D eigenvalue weighted by atomic mass is 9.81. The molecule has 0 radical (unpaired) electrons. The van der Waals surface area contributed by atoms with Crippen LogP contribution < -0.4 is 14.5 Å². The van der Waals surface area contributed by atoms with Gasteiger partial charge in [0.25, 0.3) is 0 Å². The number of hydrogen-bond donors (Lipinski definition) is 0. The second-order valence-corrected chi connectivity index (χ2v) is 9.97. The Morgan fingerprint density at radius 1 is 0.917 bits per heavy atom. The van der Waals surface area contributed by atoms with E-state index in [1.807, 2.05) is 18.2 Å². The van der Waals surface area contributed by atoms with E-state index in [0.717, 1.165) is 55.3 Å². The van der Waals surface area contributed by atoms with Crippen molar-refractivity contribution in [3.8, 4) is 5.75 Å². The number of para-hydroxylation sites is 1. The maximum Gasteiger partial charge on any atom is 0.316 e. The van der Waals surface area contributed by atoms with Crippen molar-refractivity contribution in [2.24, 2.45) is 17.8 Å². The minimum absolute atomic E-state index is 0.0860. The average molecular weight is 489 g/mol. The largest absolute Gasteiger partial charge is 0.426 e. The number of esters is 1. The second-order valence-electron chi connectivity index (χ2n) is 9.97. The predicted molar refractivity (Wildman–Crippen MR) is 136 cm³/mol. The molecule has 3 amide bonds. The van der Waals surface area contributed by atoms with Crippen LogP contribution in [0.15, 0.2) is 42.5 Å². The summed E-state index contributed by atoms with van der Waals surface area (Å²) in [6.45, 7) is 4.39. The van der Waals surface area contributed by atoms with E-state index in [2.05, 4.69) is 13.8 Å². The number of anilines is 2. The van der Waals surface area contributed by atoms with Gasteiger partial charge in [-0.05, 0) is 48.9 Å². The first kappa shape index (κ1) is 24.2. The van der Waals surface area contributed by atoms with E-state index < -0.39 is 11.9 Å². The summed E-state index contributed by atoms with van der Waals surface area (Å²) in [5.74, 6) is -1.70. The third kappa shape index (κ3) is 4.21. The number of imide groups is 1. The average Bonchev–Trinajstić information content (AvgIpc) is 3.40. The molecular weight excluding hydrogens is 456 g/mol. The summed E-state index contributed by atoms with van der Waals surface area (Å²) < 4.78 is 5.67. The van der Waals surface area contributed by atoms with Gasteiger partial charge in [-0.1, -0.05) is 51.0 Å². The van der Waals surface area contributed by atoms with Gasteiger partial charge in [0.15, 0.2) is 0 Å². The number of benzene rings is 2. The number of amides is 3. The molecule has 2 heterocycles. The Labute approximate surface area is 211 Å². The van der Waals surface area contributed by atoms with Crippen molar-refractivity contribution in [3.63, 3.8) is 0 Å². The van der Waals surface area contributed by atoms with Crippen molar-refractivity contribution in [2.45, 2.75) is 58.8 Å². The summed E-state index contributed by atoms with van der Waals surface area (Å²) in [6.07, 6.45) is 5.10. The lowest BCUT2D eigenvalue weighted by molar-refractivity contribution is -0.139. The van der Waals surface area contributed by atoms with Crippen LogP contribution in [0.4, 0.5) is 11.4 Å². The number of nitrogens with zero attached hydrogens (tertiary/aromatic N) is 2. The van der Waals surface area contributed by atoms with Gasteiger partial charge in [0.05, 0.1) is 23.4 Å². The number of ether oxygens (including phenoxy) is 1. The fraction of sp³-hybridized carbons (Fsp3) is 0.448. The lowest BCUT2D eigenvalue weighted by Crippen LogP contribution is -2.31. The smallest absolute Gasteiger partial charge is 0.316 e. The van der Waals surface area contributed by atoms with Gasteiger partial charge < -0.3 is 9.64 Å². The highest BCUT2D eigenvalue weighted by Crippen LogP contribution is 2.41. The quantitative estimate of drug-likeness (QED) is 0.341. The molecule has 3 atom stereocenters. The normalized spacial score (nSPS) is 23.8. The van der Waals surface area contributed by atoms with Crippen LogP contribution in [0.1, 0.15) is 57.1 Å². The highest BCUT2D eigenvalue weighted by atomic mass is 16.5. The molecule has 3 fully saturated rings. The third-order valence-corrected chi connectivity index (χ3v) is 7.83. The van der Waals surface area contributed by atoms with Gasteiger partial charge in [0.2, 0.25) is 17.7 Å². The molecule has 7 nitrogen and oxygen atoms in total. The molecule has 0 N–H and O–H groups in total. The number of aryl methyl sites for hydroxylation is 2. The first-order chi connectivity index (χ1) is 17.4. The molecule has 0 spiro atoms. The van der Waals surface area contributed by atoms with Gasteiger partial charge >= 0.3 is 5.97 Å². The van der Waals surface area contributed by atoms with E-state index in [4.69, 9.17) is 4.74 Å². The molecule has 0 bridgehead atoms. The van der Waals surface area contributed by atoms with Gasteiger partial charge in [-0.25, -0.2) is 4.90 Å². The predicted octanol–water partition coefficient (Wildman–Crippen LogP) is 4.45. The Balaban J connectivity index is 1.32. The van der Waals surface area contributed by atoms with Crippen molar-refractivity contribution in [1.82, 2.24) is 0 Å². The minimum atomic E-state index is -0.589. The molecule has 1 aliphatic carbocycles. The van der Waals surface area contributed by atoms with Gasteiger partial charge in [-0.3, -0.25) is 19.2 Å². The number of rotatable bonds is 6. The Hall–Kier alpha value is -3.48. The molecule has 1 saturated carbocycles. The standard InChI is InChI=1S/C29H32N2O5/c1-3-18-9-7-10-19(4-2)26(18)30-17-20(15-25(30)32)29(35)36-22-12-8-11-21(16-22)31-27(33)23-13-5-6-14-24(23)28(31)34/h7-12,16,20,23-24H,3-6,13-15,17H2,1-2H3/t20-,23-,24+/m0/s1. The van der Waals surface area contributed by atoms with Gasteiger partial charge in [0.1, 0.15) is 5.75 Å². The summed E-state index contributed by atoms with van der Waals surface area (Å²) >= 11 is 0. The van der Waals surface area contributed by atoms with Crippen LogP contribution in [-0.2, 0) is 32.0 Å². The summed E-state index contributed by atoms with van der Waals surface area (Å²) in [6, 6.07) is 12.6. The fourth-order valence-electron chi connectivity index (χ4n) is 5.95. The molecule has 36 heavy (non-hydrogen) atoms. The summed E-state index contributed by atoms with van der Waals surface area (Å²) in [5.41, 5.74) is 3.52. The zero-order valence-electron chi connectivity index (χ0n) is 20.9. The lowest BCUT2D eigenvalue weighted by Gasteiger charge is -2.23. The maximum atomic E-state index is 13.1. The maximum absolute atomic E-state index is 13.1. The van der Waals surface area contributed by atoms with Gasteiger partial charge in [0, 0.05) is 24.7 Å². The van der Waals surface area contributed by atoms with Crippen molar-refractivity contribution in [2.75, 3.05) is 16.3 Å². The van der Waals surface area contributed by atoms with Crippen molar-refractivity contribution in [1.29, 1.82) is 0 Å². The third-order valence-electron chi connectivity index (χ3n) is 7.83. The molecule has 2 saturated heterocycles. The first-order valence-corrected chi connectivity index (χ1v) is 13.0. The minimum Gasteiger partial charge on any atom is -0.426 e. The first-order valence-electron chi connectivity index (χ1n) is 13.0. The van der Waals surface area contributed by atoms with E-state index >= 15 is 0 Å². The molecule has 0 aromatic heterocycles. The van der Waals surface area contributed by atoms with E-state index in [9.17, 15) is 19.2 Å². The van der Waals surface area contributed by atoms with E-state index in [0.29, 0.717) is 5.69 Å². The molecule has 5 rings (SSSR count). The highest BCUT2D eigenvalue weighted by Gasteiger charge is 2.48.